The Balaban J connectivity index is 1.62. The van der Waals surface area contributed by atoms with E-state index in [9.17, 15) is 14.0 Å². The molecule has 2 N–H and O–H groups in total. The first kappa shape index (κ1) is 17.8. The van der Waals surface area contributed by atoms with Gasteiger partial charge in [-0.15, -0.1) is 11.3 Å². The smallest absolute Gasteiger partial charge is 0.280 e. The van der Waals surface area contributed by atoms with Gasteiger partial charge in [-0.1, -0.05) is 30.8 Å². The van der Waals surface area contributed by atoms with Crippen molar-refractivity contribution in [1.82, 2.24) is 15.6 Å². The van der Waals surface area contributed by atoms with Gasteiger partial charge in [-0.25, -0.2) is 9.37 Å². The maximum absolute atomic E-state index is 14.2. The molecule has 0 saturated carbocycles. The standard InChI is InChI=1S/C19H16FN3O2S/c1-2-17(24)21-10-12-7-8-13(14(20)9-12)11-22-18(25)19-23-15-5-3-4-6-16(15)26-19/h2-9H,1,10-11H2,(H,21,24)(H,22,25). The highest BCUT2D eigenvalue weighted by molar-refractivity contribution is 7.20. The number of nitrogens with one attached hydrogen (secondary N) is 2. The van der Waals surface area contributed by atoms with Crippen LogP contribution in [0.4, 0.5) is 4.39 Å². The molecule has 26 heavy (non-hydrogen) atoms. The van der Waals surface area contributed by atoms with Crippen molar-refractivity contribution in [1.29, 1.82) is 0 Å². The second-order valence-corrected chi connectivity index (χ2v) is 6.55. The van der Waals surface area contributed by atoms with Crippen molar-refractivity contribution in [3.63, 3.8) is 0 Å². The van der Waals surface area contributed by atoms with Gasteiger partial charge in [-0.2, -0.15) is 0 Å². The number of hydrogen-bond donors (Lipinski definition) is 2. The third kappa shape index (κ3) is 4.12. The lowest BCUT2D eigenvalue weighted by molar-refractivity contribution is -0.116. The van der Waals surface area contributed by atoms with Gasteiger partial charge in [0, 0.05) is 18.7 Å². The van der Waals surface area contributed by atoms with Crippen molar-refractivity contribution in [3.8, 4) is 0 Å². The molecule has 3 rings (SSSR count). The van der Waals surface area contributed by atoms with Gasteiger partial charge >= 0.3 is 0 Å². The summed E-state index contributed by atoms with van der Waals surface area (Å²) >= 11 is 1.29. The molecule has 0 saturated heterocycles. The number of thiazole rings is 1. The summed E-state index contributed by atoms with van der Waals surface area (Å²) < 4.78 is 15.1. The molecular formula is C19H16FN3O2S. The van der Waals surface area contributed by atoms with Crippen molar-refractivity contribution in [2.45, 2.75) is 13.1 Å². The maximum Gasteiger partial charge on any atom is 0.280 e. The largest absolute Gasteiger partial charge is 0.348 e. The molecule has 2 aromatic carbocycles. The SMILES string of the molecule is C=CC(=O)NCc1ccc(CNC(=O)c2nc3ccccc3s2)c(F)c1. The highest BCUT2D eigenvalue weighted by atomic mass is 32.1. The van der Waals surface area contributed by atoms with Crippen LogP contribution in [0.5, 0.6) is 0 Å². The van der Waals surface area contributed by atoms with Gasteiger partial charge < -0.3 is 10.6 Å². The fourth-order valence-corrected chi connectivity index (χ4v) is 3.21. The predicted octanol–water partition coefficient (Wildman–Crippen LogP) is 3.17. The Hall–Kier alpha value is -3.06. The summed E-state index contributed by atoms with van der Waals surface area (Å²) in [5.41, 5.74) is 1.75. The molecule has 3 aromatic rings. The first-order valence-electron chi connectivity index (χ1n) is 7.88. The van der Waals surface area contributed by atoms with E-state index in [0.29, 0.717) is 16.1 Å². The van der Waals surface area contributed by atoms with Gasteiger partial charge in [0.05, 0.1) is 10.2 Å². The number of fused-ring (bicyclic) bond motifs is 1. The number of halogens is 1. The van der Waals surface area contributed by atoms with Crippen molar-refractivity contribution < 1.29 is 14.0 Å². The minimum absolute atomic E-state index is 0.0554. The van der Waals surface area contributed by atoms with Crippen LogP contribution < -0.4 is 10.6 Å². The number of carbonyl (C=O) groups is 2. The quantitative estimate of drug-likeness (QED) is 0.656. The molecule has 0 bridgehead atoms. The molecule has 2 amide bonds. The van der Waals surface area contributed by atoms with E-state index in [1.54, 1.807) is 12.1 Å². The topological polar surface area (TPSA) is 71.1 Å². The Morgan fingerprint density at radius 2 is 1.96 bits per heavy atom. The molecule has 0 aliphatic carbocycles. The van der Waals surface area contributed by atoms with Crippen LogP contribution in [0.3, 0.4) is 0 Å². The summed E-state index contributed by atoms with van der Waals surface area (Å²) in [5, 5.41) is 5.60. The van der Waals surface area contributed by atoms with Crippen LogP contribution in [0.1, 0.15) is 20.9 Å². The van der Waals surface area contributed by atoms with Crippen molar-refractivity contribution in [2.75, 3.05) is 0 Å². The fourth-order valence-electron chi connectivity index (χ4n) is 2.33. The Bertz CT molecular complexity index is 951. The van der Waals surface area contributed by atoms with E-state index in [2.05, 4.69) is 22.2 Å². The lowest BCUT2D eigenvalue weighted by Gasteiger charge is -2.08. The fraction of sp³-hybridized carbons (Fsp3) is 0.105. The normalized spacial score (nSPS) is 10.5. The summed E-state index contributed by atoms with van der Waals surface area (Å²) in [6.07, 6.45) is 1.16. The van der Waals surface area contributed by atoms with Crippen LogP contribution in [0, 0.1) is 5.82 Å². The molecule has 0 unspecified atom stereocenters. The minimum atomic E-state index is -0.444. The monoisotopic (exact) mass is 369 g/mol. The molecular weight excluding hydrogens is 353 g/mol. The zero-order valence-electron chi connectivity index (χ0n) is 13.8. The van der Waals surface area contributed by atoms with Crippen LogP contribution in [-0.2, 0) is 17.9 Å². The zero-order chi connectivity index (χ0) is 18.5. The van der Waals surface area contributed by atoms with Gasteiger partial charge in [0.2, 0.25) is 5.91 Å². The second-order valence-electron chi connectivity index (χ2n) is 5.52. The molecule has 0 aliphatic heterocycles. The number of rotatable bonds is 6. The van der Waals surface area contributed by atoms with Crippen molar-refractivity contribution in [2.24, 2.45) is 0 Å². The number of amides is 2. The van der Waals surface area contributed by atoms with Crippen LogP contribution in [0.15, 0.2) is 55.1 Å². The van der Waals surface area contributed by atoms with Crippen LogP contribution in [-0.4, -0.2) is 16.8 Å². The van der Waals surface area contributed by atoms with Gasteiger partial charge in [0.15, 0.2) is 5.01 Å². The summed E-state index contributed by atoms with van der Waals surface area (Å²) in [6.45, 7) is 3.62. The highest BCUT2D eigenvalue weighted by Gasteiger charge is 2.13. The summed E-state index contributed by atoms with van der Waals surface area (Å²) in [6, 6.07) is 12.1. The third-order valence-electron chi connectivity index (χ3n) is 3.70. The molecule has 0 radical (unpaired) electrons. The van der Waals surface area contributed by atoms with Crippen molar-refractivity contribution in [3.05, 3.63) is 77.1 Å². The van der Waals surface area contributed by atoms with Crippen LogP contribution in [0.2, 0.25) is 0 Å². The minimum Gasteiger partial charge on any atom is -0.348 e. The Morgan fingerprint density at radius 1 is 1.15 bits per heavy atom. The second kappa shape index (κ2) is 7.88. The van der Waals surface area contributed by atoms with Crippen molar-refractivity contribution >= 4 is 33.4 Å². The molecule has 0 spiro atoms. The molecule has 1 aromatic heterocycles. The number of para-hydroxylation sites is 1. The first-order valence-corrected chi connectivity index (χ1v) is 8.70. The molecule has 0 aliphatic rings. The van der Waals surface area contributed by atoms with E-state index in [1.165, 1.54) is 17.4 Å². The van der Waals surface area contributed by atoms with Gasteiger partial charge in [-0.3, -0.25) is 9.59 Å². The summed E-state index contributed by atoms with van der Waals surface area (Å²) in [4.78, 5) is 27.6. The number of nitrogens with zero attached hydrogens (tertiary/aromatic N) is 1. The number of aromatic nitrogens is 1. The molecule has 5 nitrogen and oxygen atoms in total. The van der Waals surface area contributed by atoms with E-state index in [-0.39, 0.29) is 24.9 Å². The molecule has 0 atom stereocenters. The Kier molecular flexibility index (Phi) is 5.38. The number of carbonyl (C=O) groups excluding carboxylic acids is 2. The van der Waals surface area contributed by atoms with Crippen LogP contribution >= 0.6 is 11.3 Å². The summed E-state index contributed by atoms with van der Waals surface area (Å²) in [5.74, 6) is -1.11. The summed E-state index contributed by atoms with van der Waals surface area (Å²) in [7, 11) is 0. The first-order chi connectivity index (χ1) is 12.6. The average molecular weight is 369 g/mol. The number of hydrogen-bond acceptors (Lipinski definition) is 4. The molecule has 0 fully saturated rings. The lowest BCUT2D eigenvalue weighted by atomic mass is 10.1. The highest BCUT2D eigenvalue weighted by Crippen LogP contribution is 2.21. The van der Waals surface area contributed by atoms with Gasteiger partial charge in [0.25, 0.3) is 5.91 Å². The lowest BCUT2D eigenvalue weighted by Crippen LogP contribution is -2.23. The van der Waals surface area contributed by atoms with Crippen LogP contribution in [0.25, 0.3) is 10.2 Å². The van der Waals surface area contributed by atoms with E-state index in [0.717, 1.165) is 16.3 Å². The predicted molar refractivity (Wildman–Crippen MR) is 99.2 cm³/mol. The van der Waals surface area contributed by atoms with E-state index < -0.39 is 5.82 Å². The zero-order valence-corrected chi connectivity index (χ0v) is 14.6. The van der Waals surface area contributed by atoms with E-state index in [4.69, 9.17) is 0 Å². The Labute approximate surface area is 153 Å². The van der Waals surface area contributed by atoms with E-state index >= 15 is 0 Å². The average Bonchev–Trinajstić information content (AvgIpc) is 3.09. The Morgan fingerprint density at radius 3 is 2.69 bits per heavy atom. The van der Waals surface area contributed by atoms with Gasteiger partial charge in [-0.05, 0) is 29.8 Å². The van der Waals surface area contributed by atoms with E-state index in [1.807, 2.05) is 24.3 Å². The number of benzene rings is 2. The molecule has 7 heteroatoms. The third-order valence-corrected chi connectivity index (χ3v) is 4.73. The maximum atomic E-state index is 14.2. The molecule has 1 heterocycles. The molecule has 132 valence electrons. The van der Waals surface area contributed by atoms with Gasteiger partial charge in [0.1, 0.15) is 5.82 Å².